The average Bonchev–Trinajstić information content (AvgIpc) is 2.70. The van der Waals surface area contributed by atoms with Crippen LogP contribution in [0.5, 0.6) is 0 Å². The van der Waals surface area contributed by atoms with Crippen molar-refractivity contribution < 1.29 is 4.79 Å². The number of rotatable bonds is 2. The van der Waals surface area contributed by atoms with E-state index in [-0.39, 0.29) is 5.91 Å². The Morgan fingerprint density at radius 2 is 2.20 bits per heavy atom. The number of benzene rings is 1. The van der Waals surface area contributed by atoms with Crippen LogP contribution < -0.4 is 5.32 Å². The molecule has 0 aromatic heterocycles. The van der Waals surface area contributed by atoms with Crippen LogP contribution in [-0.4, -0.2) is 12.1 Å². The fourth-order valence-corrected chi connectivity index (χ4v) is 1.55. The minimum atomic E-state index is -0.0648. The summed E-state index contributed by atoms with van der Waals surface area (Å²) in [4.78, 5) is 15.3. The molecule has 1 amide bonds. The van der Waals surface area contributed by atoms with E-state index in [2.05, 4.69) is 10.3 Å². The van der Waals surface area contributed by atoms with Crippen molar-refractivity contribution in [2.24, 2.45) is 4.99 Å². The number of amides is 1. The van der Waals surface area contributed by atoms with Gasteiger partial charge in [0.1, 0.15) is 0 Å². The Kier molecular flexibility index (Phi) is 2.63. The van der Waals surface area contributed by atoms with E-state index in [4.69, 9.17) is 0 Å². The molecule has 1 heterocycles. The lowest BCUT2D eigenvalue weighted by Gasteiger charge is -2.08. The van der Waals surface area contributed by atoms with Gasteiger partial charge in [0.2, 0.25) is 5.91 Å². The summed E-state index contributed by atoms with van der Waals surface area (Å²) in [6.45, 7) is 1.50. The molecule has 0 saturated carbocycles. The van der Waals surface area contributed by atoms with Gasteiger partial charge in [0.05, 0.1) is 11.4 Å². The molecule has 1 aromatic carbocycles. The van der Waals surface area contributed by atoms with E-state index in [9.17, 15) is 4.79 Å². The molecule has 1 aromatic rings. The van der Waals surface area contributed by atoms with Gasteiger partial charge in [0.15, 0.2) is 0 Å². The Morgan fingerprint density at radius 1 is 1.40 bits per heavy atom. The highest BCUT2D eigenvalue weighted by atomic mass is 16.1. The first kappa shape index (κ1) is 9.65. The molecule has 0 bridgehead atoms. The fraction of sp³-hybridized carbons (Fsp3) is 0.167. The van der Waals surface area contributed by atoms with Crippen molar-refractivity contribution in [1.82, 2.24) is 0 Å². The van der Waals surface area contributed by atoms with Gasteiger partial charge in [-0.25, -0.2) is 0 Å². The topological polar surface area (TPSA) is 41.5 Å². The Balaban J connectivity index is 2.37. The maximum Gasteiger partial charge on any atom is 0.221 e. The van der Waals surface area contributed by atoms with Crippen LogP contribution in [0.4, 0.5) is 5.69 Å². The van der Waals surface area contributed by atoms with Crippen LogP contribution in [0.1, 0.15) is 18.9 Å². The average molecular weight is 200 g/mol. The molecule has 3 nitrogen and oxygen atoms in total. The molecule has 0 spiro atoms. The highest BCUT2D eigenvalue weighted by Crippen LogP contribution is 2.26. The Hall–Kier alpha value is -1.90. The lowest BCUT2D eigenvalue weighted by molar-refractivity contribution is -0.114. The van der Waals surface area contributed by atoms with Crippen LogP contribution in [0.2, 0.25) is 0 Å². The van der Waals surface area contributed by atoms with Gasteiger partial charge in [-0.2, -0.15) is 0 Å². The maximum absolute atomic E-state index is 11.0. The van der Waals surface area contributed by atoms with Crippen molar-refractivity contribution in [3.63, 3.8) is 0 Å². The molecule has 0 radical (unpaired) electrons. The molecule has 0 unspecified atom stereocenters. The zero-order chi connectivity index (χ0) is 10.7. The number of carbonyl (C=O) groups is 1. The highest BCUT2D eigenvalue weighted by Gasteiger charge is 2.08. The Morgan fingerprint density at radius 3 is 2.87 bits per heavy atom. The molecule has 1 aliphatic heterocycles. The van der Waals surface area contributed by atoms with Crippen LogP contribution in [0.15, 0.2) is 35.3 Å². The molecule has 0 aliphatic carbocycles. The Bertz CT molecular complexity index is 447. The molecule has 1 aliphatic rings. The van der Waals surface area contributed by atoms with E-state index in [0.717, 1.165) is 23.4 Å². The minimum absolute atomic E-state index is 0.0648. The Labute approximate surface area is 88.5 Å². The minimum Gasteiger partial charge on any atom is -0.326 e. The molecular formula is C12H12N2O. The van der Waals surface area contributed by atoms with Crippen LogP contribution in [0, 0.1) is 0 Å². The van der Waals surface area contributed by atoms with Gasteiger partial charge in [-0.15, -0.1) is 0 Å². The summed E-state index contributed by atoms with van der Waals surface area (Å²) in [6.07, 6.45) is 4.77. The molecule has 15 heavy (non-hydrogen) atoms. The van der Waals surface area contributed by atoms with Gasteiger partial charge in [0.25, 0.3) is 0 Å². The molecule has 3 heteroatoms. The number of aliphatic imine (C=N–C) groups is 1. The van der Waals surface area contributed by atoms with Gasteiger partial charge in [-0.3, -0.25) is 9.79 Å². The first-order valence-corrected chi connectivity index (χ1v) is 4.87. The van der Waals surface area contributed by atoms with Crippen molar-refractivity contribution in [3.8, 4) is 0 Å². The van der Waals surface area contributed by atoms with Crippen molar-refractivity contribution in [1.29, 1.82) is 0 Å². The summed E-state index contributed by atoms with van der Waals surface area (Å²) in [5.74, 6) is -0.0648. The smallest absolute Gasteiger partial charge is 0.221 e. The molecule has 2 rings (SSSR count). The molecular weight excluding hydrogens is 188 g/mol. The molecule has 0 atom stereocenters. The number of nitrogens with zero attached hydrogens (tertiary/aromatic N) is 1. The first-order valence-electron chi connectivity index (χ1n) is 4.87. The number of anilines is 1. The van der Waals surface area contributed by atoms with E-state index in [1.165, 1.54) is 6.92 Å². The second kappa shape index (κ2) is 4.09. The summed E-state index contributed by atoms with van der Waals surface area (Å²) < 4.78 is 0. The lowest BCUT2D eigenvalue weighted by Crippen LogP contribution is -2.07. The monoisotopic (exact) mass is 200 g/mol. The van der Waals surface area contributed by atoms with Gasteiger partial charge in [-0.05, 0) is 6.07 Å². The van der Waals surface area contributed by atoms with Crippen LogP contribution in [0.25, 0.3) is 5.70 Å². The largest absolute Gasteiger partial charge is 0.326 e. The summed E-state index contributed by atoms with van der Waals surface area (Å²) in [5, 5.41) is 2.80. The van der Waals surface area contributed by atoms with E-state index in [1.807, 2.05) is 36.6 Å². The summed E-state index contributed by atoms with van der Waals surface area (Å²) in [7, 11) is 0. The molecule has 0 saturated heterocycles. The molecule has 76 valence electrons. The lowest BCUT2D eigenvalue weighted by atomic mass is 10.1. The number of nitrogens with one attached hydrogen (secondary N) is 1. The number of hydrogen-bond acceptors (Lipinski definition) is 2. The van der Waals surface area contributed by atoms with Crippen LogP contribution in [0.3, 0.4) is 0 Å². The predicted molar refractivity (Wildman–Crippen MR) is 61.8 cm³/mol. The zero-order valence-corrected chi connectivity index (χ0v) is 8.53. The van der Waals surface area contributed by atoms with Crippen LogP contribution >= 0.6 is 0 Å². The number of hydrogen-bond donors (Lipinski definition) is 1. The summed E-state index contributed by atoms with van der Waals surface area (Å²) in [6, 6.07) is 7.68. The molecule has 1 N–H and O–H groups in total. The van der Waals surface area contributed by atoms with E-state index in [0.29, 0.717) is 0 Å². The third-order valence-electron chi connectivity index (χ3n) is 2.16. The predicted octanol–water partition coefficient (Wildman–Crippen LogP) is 2.46. The van der Waals surface area contributed by atoms with E-state index < -0.39 is 0 Å². The van der Waals surface area contributed by atoms with Crippen molar-refractivity contribution in [3.05, 3.63) is 35.9 Å². The third-order valence-corrected chi connectivity index (χ3v) is 2.16. The summed E-state index contributed by atoms with van der Waals surface area (Å²) >= 11 is 0. The third kappa shape index (κ3) is 2.13. The normalized spacial score (nSPS) is 13.8. The maximum atomic E-state index is 11.0. The van der Waals surface area contributed by atoms with E-state index >= 15 is 0 Å². The highest BCUT2D eigenvalue weighted by molar-refractivity contribution is 5.94. The van der Waals surface area contributed by atoms with Gasteiger partial charge < -0.3 is 5.32 Å². The standard InChI is InChI=1S/C12H12N2O/c1-9(15)14-12-6-3-2-5-10(12)11-7-4-8-13-11/h2-3,5-8H,4H2,1H3,(H,14,15). The number of allylic oxidation sites excluding steroid dienone is 1. The zero-order valence-electron chi connectivity index (χ0n) is 8.53. The second-order valence-corrected chi connectivity index (χ2v) is 3.36. The second-order valence-electron chi connectivity index (χ2n) is 3.36. The van der Waals surface area contributed by atoms with Crippen molar-refractivity contribution >= 4 is 23.5 Å². The van der Waals surface area contributed by atoms with Gasteiger partial charge in [-0.1, -0.05) is 24.3 Å². The number of para-hydroxylation sites is 1. The van der Waals surface area contributed by atoms with Crippen molar-refractivity contribution in [2.75, 3.05) is 5.32 Å². The summed E-state index contributed by atoms with van der Waals surface area (Å²) in [5.41, 5.74) is 2.72. The van der Waals surface area contributed by atoms with E-state index in [1.54, 1.807) is 0 Å². The fourth-order valence-electron chi connectivity index (χ4n) is 1.55. The molecule has 0 fully saturated rings. The van der Waals surface area contributed by atoms with Crippen LogP contribution in [-0.2, 0) is 4.79 Å². The van der Waals surface area contributed by atoms with Crippen molar-refractivity contribution in [2.45, 2.75) is 13.3 Å². The van der Waals surface area contributed by atoms with Gasteiger partial charge in [0, 0.05) is 25.1 Å². The van der Waals surface area contributed by atoms with Gasteiger partial charge >= 0.3 is 0 Å². The number of carbonyl (C=O) groups excluding carboxylic acids is 1. The SMILES string of the molecule is CC(=O)Nc1ccccc1C1=CCC=N1. The first-order chi connectivity index (χ1) is 7.27. The quantitative estimate of drug-likeness (QED) is 0.782.